The zero-order valence-electron chi connectivity index (χ0n) is 28.6. The van der Waals surface area contributed by atoms with Crippen molar-refractivity contribution in [1.82, 2.24) is 9.55 Å². The highest BCUT2D eigenvalue weighted by Crippen LogP contribution is 2.60. The van der Waals surface area contributed by atoms with Crippen molar-refractivity contribution in [2.24, 2.45) is 0 Å². The van der Waals surface area contributed by atoms with Gasteiger partial charge in [0.1, 0.15) is 5.65 Å². The lowest BCUT2D eigenvalue weighted by molar-refractivity contribution is 0.768. The van der Waals surface area contributed by atoms with Gasteiger partial charge in [-0.05, 0) is 116 Å². The van der Waals surface area contributed by atoms with E-state index in [9.17, 15) is 0 Å². The normalized spacial score (nSPS) is 15.5. The van der Waals surface area contributed by atoms with E-state index in [0.29, 0.717) is 0 Å². The van der Waals surface area contributed by atoms with Gasteiger partial charge in [-0.2, -0.15) is 0 Å². The molecule has 246 valence electrons. The Bertz CT molecular complexity index is 3180. The second-order valence-electron chi connectivity index (χ2n) is 14.3. The molecule has 12 rings (SSSR count). The molecule has 0 aliphatic heterocycles. The minimum absolute atomic E-state index is 0.508. The maximum atomic E-state index is 4.87. The first-order valence-electron chi connectivity index (χ1n) is 18.2. The van der Waals surface area contributed by atoms with E-state index in [1.807, 2.05) is 23.6 Å². The van der Waals surface area contributed by atoms with Gasteiger partial charge >= 0.3 is 0 Å². The first-order chi connectivity index (χ1) is 26.3. The lowest BCUT2D eigenvalue weighted by Crippen LogP contribution is -2.30. The zero-order valence-corrected chi connectivity index (χ0v) is 29.4. The molecule has 7 aromatic carbocycles. The van der Waals surface area contributed by atoms with Gasteiger partial charge in [0.25, 0.3) is 0 Å². The van der Waals surface area contributed by atoms with Crippen molar-refractivity contribution >= 4 is 65.6 Å². The molecule has 1 spiro atoms. The van der Waals surface area contributed by atoms with Crippen LogP contribution in [0.4, 0.5) is 0 Å². The molecule has 2 aliphatic rings. The van der Waals surface area contributed by atoms with Gasteiger partial charge < -0.3 is 0 Å². The van der Waals surface area contributed by atoms with E-state index in [-0.39, 0.29) is 0 Å². The third-order valence-electron chi connectivity index (χ3n) is 11.7. The van der Waals surface area contributed by atoms with Gasteiger partial charge in [-0.3, -0.25) is 4.57 Å². The van der Waals surface area contributed by atoms with Crippen molar-refractivity contribution in [3.8, 4) is 27.9 Å². The van der Waals surface area contributed by atoms with Crippen LogP contribution < -0.4 is 0 Å². The minimum atomic E-state index is -0.508. The minimum Gasteiger partial charge on any atom is -0.294 e. The Morgan fingerprint density at radius 3 is 2.11 bits per heavy atom. The van der Waals surface area contributed by atoms with Crippen LogP contribution in [0.15, 0.2) is 170 Å². The van der Waals surface area contributed by atoms with E-state index < -0.39 is 5.41 Å². The number of aromatic nitrogens is 2. The Balaban J connectivity index is 1.16. The Morgan fingerprint density at radius 1 is 0.453 bits per heavy atom. The van der Waals surface area contributed by atoms with Crippen molar-refractivity contribution in [1.29, 1.82) is 0 Å². The quantitative estimate of drug-likeness (QED) is 0.177. The summed E-state index contributed by atoms with van der Waals surface area (Å²) in [6, 6.07) is 60.9. The number of thiophene rings is 1. The first-order valence-corrected chi connectivity index (χ1v) is 19.0. The first kappa shape index (κ1) is 29.1. The fraction of sp³-hybridized carbons (Fsp3) is 0.0200. The van der Waals surface area contributed by atoms with Gasteiger partial charge in [-0.1, -0.05) is 115 Å². The molecule has 1 atom stereocenters. The zero-order chi connectivity index (χ0) is 34.7. The van der Waals surface area contributed by atoms with Crippen molar-refractivity contribution < 1.29 is 0 Å². The van der Waals surface area contributed by atoms with Crippen molar-refractivity contribution in [3.05, 3.63) is 203 Å². The molecule has 2 aliphatic carbocycles. The van der Waals surface area contributed by atoms with Crippen LogP contribution in [-0.2, 0) is 5.41 Å². The molecule has 3 heteroatoms. The van der Waals surface area contributed by atoms with E-state index in [1.54, 1.807) is 0 Å². The SMILES string of the molecule is C1=Cc2ccc(-c3ccc4c(c3)c3cccnc3n4-c3ccccc3)cc2C2(c3ccccc31)c1ccccc1-c1cc3sc4ccccc4c3cc12. The largest absolute Gasteiger partial charge is 0.294 e. The molecule has 10 aromatic rings. The van der Waals surface area contributed by atoms with Crippen LogP contribution in [0.2, 0.25) is 0 Å². The second-order valence-corrected chi connectivity index (χ2v) is 15.4. The fourth-order valence-corrected chi connectivity index (χ4v) is 10.6. The predicted octanol–water partition coefficient (Wildman–Crippen LogP) is 13.1. The molecule has 0 amide bonds. The molecule has 3 aromatic heterocycles. The standard InChI is InChI=1S/C50H30N2S/c1-2-12-35(13-3-1)52-46-25-24-33(27-40(46)38-16-10-26-51-49(38)52)34-23-22-32-21-20-31-11-4-7-17-42(31)50(44(32)28-34)43-18-8-5-14-36(43)39-30-48-41(29-45(39)50)37-15-6-9-19-47(37)53-48/h1-30H. The lowest BCUT2D eigenvalue weighted by Gasteiger charge is -2.35. The fourth-order valence-electron chi connectivity index (χ4n) is 9.45. The average molecular weight is 691 g/mol. The average Bonchev–Trinajstić information content (AvgIpc) is 3.81. The van der Waals surface area contributed by atoms with Crippen LogP contribution in [0.5, 0.6) is 0 Å². The third kappa shape index (κ3) is 3.89. The van der Waals surface area contributed by atoms with Crippen molar-refractivity contribution in [2.75, 3.05) is 0 Å². The maximum Gasteiger partial charge on any atom is 0.145 e. The van der Waals surface area contributed by atoms with Crippen molar-refractivity contribution in [3.63, 3.8) is 0 Å². The molecular weight excluding hydrogens is 661 g/mol. The summed E-state index contributed by atoms with van der Waals surface area (Å²) in [4.78, 5) is 4.87. The molecule has 0 N–H and O–H groups in total. The molecule has 53 heavy (non-hydrogen) atoms. The van der Waals surface area contributed by atoms with Crippen molar-refractivity contribution in [2.45, 2.75) is 5.41 Å². The van der Waals surface area contributed by atoms with Gasteiger partial charge in [0.15, 0.2) is 0 Å². The number of hydrogen-bond donors (Lipinski definition) is 0. The highest BCUT2D eigenvalue weighted by molar-refractivity contribution is 7.25. The monoisotopic (exact) mass is 690 g/mol. The summed E-state index contributed by atoms with van der Waals surface area (Å²) in [6.45, 7) is 0. The molecule has 0 fully saturated rings. The Hall–Kier alpha value is -6.55. The highest BCUT2D eigenvalue weighted by Gasteiger charge is 2.48. The molecule has 1 unspecified atom stereocenters. The molecule has 3 heterocycles. The number of fused-ring (bicyclic) bond motifs is 15. The number of benzene rings is 7. The summed E-state index contributed by atoms with van der Waals surface area (Å²) in [5, 5.41) is 5.01. The highest BCUT2D eigenvalue weighted by atomic mass is 32.1. The number of nitrogens with zero attached hydrogens (tertiary/aromatic N) is 2. The van der Waals surface area contributed by atoms with Crippen LogP contribution in [0.25, 0.3) is 82.2 Å². The van der Waals surface area contributed by atoms with Gasteiger partial charge in [0.05, 0.1) is 10.9 Å². The van der Waals surface area contributed by atoms with Gasteiger partial charge in [0.2, 0.25) is 0 Å². The maximum absolute atomic E-state index is 4.87. The van der Waals surface area contributed by atoms with Crippen LogP contribution in [0.1, 0.15) is 33.4 Å². The smallest absolute Gasteiger partial charge is 0.145 e. The number of pyridine rings is 1. The summed E-state index contributed by atoms with van der Waals surface area (Å²) in [5.74, 6) is 0. The van der Waals surface area contributed by atoms with Gasteiger partial charge in [0, 0.05) is 42.8 Å². The summed E-state index contributed by atoms with van der Waals surface area (Å²) in [7, 11) is 0. The molecule has 0 saturated carbocycles. The second kappa shape index (κ2) is 10.7. The van der Waals surface area contributed by atoms with E-state index in [1.165, 1.54) is 81.2 Å². The summed E-state index contributed by atoms with van der Waals surface area (Å²) in [5.41, 5.74) is 15.6. The van der Waals surface area contributed by atoms with E-state index in [0.717, 1.165) is 22.2 Å². The van der Waals surface area contributed by atoms with Gasteiger partial charge in [-0.15, -0.1) is 11.3 Å². The van der Waals surface area contributed by atoms with E-state index in [4.69, 9.17) is 4.98 Å². The topological polar surface area (TPSA) is 17.8 Å². The Morgan fingerprint density at radius 2 is 1.19 bits per heavy atom. The molecule has 2 nitrogen and oxygen atoms in total. The Labute approximate surface area is 310 Å². The Kier molecular flexibility index (Phi) is 5.89. The van der Waals surface area contributed by atoms with Crippen LogP contribution in [0.3, 0.4) is 0 Å². The van der Waals surface area contributed by atoms with Gasteiger partial charge in [-0.25, -0.2) is 4.98 Å². The summed E-state index contributed by atoms with van der Waals surface area (Å²) in [6.07, 6.45) is 6.54. The molecule has 0 bridgehead atoms. The number of para-hydroxylation sites is 1. The van der Waals surface area contributed by atoms with E-state index >= 15 is 0 Å². The predicted molar refractivity (Wildman–Crippen MR) is 223 cm³/mol. The van der Waals surface area contributed by atoms with Crippen LogP contribution in [-0.4, -0.2) is 9.55 Å². The van der Waals surface area contributed by atoms with Crippen LogP contribution in [0, 0.1) is 0 Å². The number of hydrogen-bond acceptors (Lipinski definition) is 2. The summed E-state index contributed by atoms with van der Waals surface area (Å²) < 4.78 is 4.95. The molecular formula is C50H30N2S. The summed E-state index contributed by atoms with van der Waals surface area (Å²) >= 11 is 1.90. The van der Waals surface area contributed by atoms with Crippen LogP contribution >= 0.6 is 11.3 Å². The third-order valence-corrected chi connectivity index (χ3v) is 12.8. The molecule has 0 radical (unpaired) electrons. The van der Waals surface area contributed by atoms with E-state index in [2.05, 4.69) is 174 Å². The number of rotatable bonds is 2. The molecule has 0 saturated heterocycles. The lowest BCUT2D eigenvalue weighted by atomic mass is 9.65.